The Morgan fingerprint density at radius 3 is 2.63 bits per heavy atom. The Morgan fingerprint density at radius 2 is 1.95 bits per heavy atom. The SMILES string of the molecule is COc1ccccc1CC(=O)c1ccc(Br)c(C)c1. The molecular formula is C16H15BrO2. The summed E-state index contributed by atoms with van der Waals surface area (Å²) in [7, 11) is 1.62. The van der Waals surface area contributed by atoms with Gasteiger partial charge in [0.05, 0.1) is 7.11 Å². The van der Waals surface area contributed by atoms with Crippen molar-refractivity contribution in [2.45, 2.75) is 13.3 Å². The van der Waals surface area contributed by atoms with E-state index in [4.69, 9.17) is 4.74 Å². The summed E-state index contributed by atoms with van der Waals surface area (Å²) in [6.45, 7) is 1.98. The molecule has 0 saturated heterocycles. The highest BCUT2D eigenvalue weighted by atomic mass is 79.9. The monoisotopic (exact) mass is 318 g/mol. The van der Waals surface area contributed by atoms with Crippen molar-refractivity contribution in [1.29, 1.82) is 0 Å². The Balaban J connectivity index is 2.23. The number of carbonyl (C=O) groups excluding carboxylic acids is 1. The van der Waals surface area contributed by atoms with E-state index >= 15 is 0 Å². The smallest absolute Gasteiger partial charge is 0.167 e. The van der Waals surface area contributed by atoms with Gasteiger partial charge < -0.3 is 4.74 Å². The zero-order valence-corrected chi connectivity index (χ0v) is 12.5. The molecule has 2 aromatic rings. The summed E-state index contributed by atoms with van der Waals surface area (Å²) in [5, 5.41) is 0. The van der Waals surface area contributed by atoms with Gasteiger partial charge in [0.1, 0.15) is 5.75 Å². The summed E-state index contributed by atoms with van der Waals surface area (Å²) in [4.78, 5) is 12.3. The topological polar surface area (TPSA) is 26.3 Å². The molecule has 0 atom stereocenters. The minimum absolute atomic E-state index is 0.0973. The van der Waals surface area contributed by atoms with E-state index in [1.165, 1.54) is 0 Å². The van der Waals surface area contributed by atoms with Crippen LogP contribution >= 0.6 is 15.9 Å². The lowest BCUT2D eigenvalue weighted by molar-refractivity contribution is 0.0992. The van der Waals surface area contributed by atoms with E-state index in [-0.39, 0.29) is 5.78 Å². The van der Waals surface area contributed by atoms with Gasteiger partial charge in [-0.2, -0.15) is 0 Å². The molecule has 0 N–H and O–H groups in total. The molecule has 0 amide bonds. The second-order valence-corrected chi connectivity index (χ2v) is 5.23. The average molecular weight is 319 g/mol. The van der Waals surface area contributed by atoms with Crippen LogP contribution < -0.4 is 4.74 Å². The van der Waals surface area contributed by atoms with Gasteiger partial charge in [0.15, 0.2) is 5.78 Å². The molecule has 0 heterocycles. The van der Waals surface area contributed by atoms with Crippen LogP contribution in [0.2, 0.25) is 0 Å². The number of ether oxygens (including phenoxy) is 1. The zero-order chi connectivity index (χ0) is 13.8. The number of Topliss-reactive ketones (excluding diaryl/α,β-unsaturated/α-hetero) is 1. The third-order valence-corrected chi connectivity index (χ3v) is 3.91. The molecule has 0 fully saturated rings. The third kappa shape index (κ3) is 3.24. The van der Waals surface area contributed by atoms with Gasteiger partial charge in [-0.25, -0.2) is 0 Å². The van der Waals surface area contributed by atoms with Crippen LogP contribution in [0.4, 0.5) is 0 Å². The van der Waals surface area contributed by atoms with E-state index in [0.29, 0.717) is 6.42 Å². The Bertz CT molecular complexity index is 605. The average Bonchev–Trinajstić information content (AvgIpc) is 2.42. The number of halogens is 1. The number of aryl methyl sites for hydroxylation is 1. The fraction of sp³-hybridized carbons (Fsp3) is 0.188. The molecule has 0 bridgehead atoms. The van der Waals surface area contributed by atoms with Crippen LogP contribution in [0.1, 0.15) is 21.5 Å². The first-order valence-electron chi connectivity index (χ1n) is 6.03. The first kappa shape index (κ1) is 13.8. The Labute approximate surface area is 121 Å². The molecule has 0 unspecified atom stereocenters. The summed E-state index contributed by atoms with van der Waals surface area (Å²) in [5.41, 5.74) is 2.70. The molecule has 0 saturated carbocycles. The van der Waals surface area contributed by atoms with E-state index < -0.39 is 0 Å². The van der Waals surface area contributed by atoms with Crippen LogP contribution in [-0.2, 0) is 6.42 Å². The number of para-hydroxylation sites is 1. The molecule has 0 radical (unpaired) electrons. The standard InChI is InChI=1S/C16H15BrO2/c1-11-9-12(7-8-14(11)17)15(18)10-13-5-3-4-6-16(13)19-2/h3-9H,10H2,1-2H3. The lowest BCUT2D eigenvalue weighted by Gasteiger charge is -2.08. The van der Waals surface area contributed by atoms with E-state index in [1.54, 1.807) is 7.11 Å². The van der Waals surface area contributed by atoms with Crippen LogP contribution in [0, 0.1) is 6.92 Å². The summed E-state index contributed by atoms with van der Waals surface area (Å²) in [6.07, 6.45) is 0.352. The van der Waals surface area contributed by atoms with Crippen molar-refractivity contribution in [2.24, 2.45) is 0 Å². The zero-order valence-electron chi connectivity index (χ0n) is 10.9. The molecule has 2 rings (SSSR count). The van der Waals surface area contributed by atoms with Gasteiger partial charge in [0.25, 0.3) is 0 Å². The minimum atomic E-state index is 0.0973. The number of hydrogen-bond donors (Lipinski definition) is 0. The lowest BCUT2D eigenvalue weighted by Crippen LogP contribution is -2.05. The highest BCUT2D eigenvalue weighted by molar-refractivity contribution is 9.10. The molecule has 0 aliphatic heterocycles. The molecule has 0 aliphatic carbocycles. The van der Waals surface area contributed by atoms with Gasteiger partial charge in [-0.1, -0.05) is 40.2 Å². The normalized spacial score (nSPS) is 10.3. The van der Waals surface area contributed by atoms with Gasteiger partial charge in [-0.3, -0.25) is 4.79 Å². The highest BCUT2D eigenvalue weighted by Gasteiger charge is 2.11. The van der Waals surface area contributed by atoms with Crippen molar-refractivity contribution < 1.29 is 9.53 Å². The van der Waals surface area contributed by atoms with Gasteiger partial charge >= 0.3 is 0 Å². The molecule has 3 heteroatoms. The second kappa shape index (κ2) is 6.02. The molecule has 2 aromatic carbocycles. The van der Waals surface area contributed by atoms with Crippen LogP contribution in [-0.4, -0.2) is 12.9 Å². The maximum Gasteiger partial charge on any atom is 0.167 e. The van der Waals surface area contributed by atoms with Crippen LogP contribution in [0.3, 0.4) is 0 Å². The summed E-state index contributed by atoms with van der Waals surface area (Å²) >= 11 is 3.44. The van der Waals surface area contributed by atoms with Gasteiger partial charge in [-0.05, 0) is 30.7 Å². The van der Waals surface area contributed by atoms with Crippen LogP contribution in [0.15, 0.2) is 46.9 Å². The minimum Gasteiger partial charge on any atom is -0.496 e. The van der Waals surface area contributed by atoms with Gasteiger partial charge in [-0.15, -0.1) is 0 Å². The summed E-state index contributed by atoms with van der Waals surface area (Å²) in [5.74, 6) is 0.852. The number of benzene rings is 2. The highest BCUT2D eigenvalue weighted by Crippen LogP contribution is 2.21. The van der Waals surface area contributed by atoms with Crippen molar-refractivity contribution in [3.63, 3.8) is 0 Å². The summed E-state index contributed by atoms with van der Waals surface area (Å²) < 4.78 is 6.28. The van der Waals surface area contributed by atoms with E-state index in [2.05, 4.69) is 15.9 Å². The van der Waals surface area contributed by atoms with Gasteiger partial charge in [0.2, 0.25) is 0 Å². The first-order valence-corrected chi connectivity index (χ1v) is 6.82. The quantitative estimate of drug-likeness (QED) is 0.790. The molecular weight excluding hydrogens is 304 g/mol. The largest absolute Gasteiger partial charge is 0.496 e. The molecule has 0 spiro atoms. The number of rotatable bonds is 4. The first-order chi connectivity index (χ1) is 9.11. The predicted molar refractivity (Wildman–Crippen MR) is 79.9 cm³/mol. The fourth-order valence-corrected chi connectivity index (χ4v) is 2.19. The maximum atomic E-state index is 12.3. The number of carbonyl (C=O) groups is 1. The Morgan fingerprint density at radius 1 is 1.21 bits per heavy atom. The molecule has 0 aliphatic rings. The molecule has 2 nitrogen and oxygen atoms in total. The van der Waals surface area contributed by atoms with E-state index in [0.717, 1.165) is 26.9 Å². The third-order valence-electron chi connectivity index (χ3n) is 3.02. The number of methoxy groups -OCH3 is 1. The van der Waals surface area contributed by atoms with Crippen molar-refractivity contribution in [3.05, 3.63) is 63.6 Å². The maximum absolute atomic E-state index is 12.3. The Kier molecular flexibility index (Phi) is 4.38. The second-order valence-electron chi connectivity index (χ2n) is 4.38. The van der Waals surface area contributed by atoms with Crippen molar-refractivity contribution >= 4 is 21.7 Å². The Hall–Kier alpha value is -1.61. The van der Waals surface area contributed by atoms with E-state index in [9.17, 15) is 4.79 Å². The van der Waals surface area contributed by atoms with Crippen molar-refractivity contribution in [3.8, 4) is 5.75 Å². The fourth-order valence-electron chi connectivity index (χ4n) is 1.94. The van der Waals surface area contributed by atoms with Crippen molar-refractivity contribution in [2.75, 3.05) is 7.11 Å². The van der Waals surface area contributed by atoms with Crippen molar-refractivity contribution in [1.82, 2.24) is 0 Å². The predicted octanol–water partition coefficient (Wildman–Crippen LogP) is 4.19. The number of ketones is 1. The number of hydrogen-bond acceptors (Lipinski definition) is 2. The lowest BCUT2D eigenvalue weighted by atomic mass is 10.0. The molecule has 98 valence electrons. The summed E-state index contributed by atoms with van der Waals surface area (Å²) in [6, 6.07) is 13.3. The molecule has 0 aromatic heterocycles. The van der Waals surface area contributed by atoms with Gasteiger partial charge in [0, 0.05) is 22.0 Å². The molecule has 19 heavy (non-hydrogen) atoms. The van der Waals surface area contributed by atoms with E-state index in [1.807, 2.05) is 49.4 Å². The van der Waals surface area contributed by atoms with Crippen LogP contribution in [0.5, 0.6) is 5.75 Å². The van der Waals surface area contributed by atoms with Crippen LogP contribution in [0.25, 0.3) is 0 Å².